The second-order valence-electron chi connectivity index (χ2n) is 5.72. The number of hydrogen-bond donors (Lipinski definition) is 3. The number of anilines is 1. The molecule has 0 saturated heterocycles. The van der Waals surface area contributed by atoms with Crippen LogP contribution in [0.5, 0.6) is 0 Å². The zero-order chi connectivity index (χ0) is 13.9. The van der Waals surface area contributed by atoms with Crippen LogP contribution in [-0.2, 0) is 4.79 Å². The van der Waals surface area contributed by atoms with Crippen molar-refractivity contribution in [3.8, 4) is 0 Å². The van der Waals surface area contributed by atoms with Crippen molar-refractivity contribution in [2.45, 2.75) is 25.7 Å². The quantitative estimate of drug-likeness (QED) is 0.578. The molecule has 4 nitrogen and oxygen atoms in total. The number of nitrogens with one attached hydrogen (secondary N) is 3. The largest absolute Gasteiger partial charge is 0.331 e. The summed E-state index contributed by atoms with van der Waals surface area (Å²) in [7, 11) is 0. The number of carbonyl (C=O) groups excluding carboxylic acids is 1. The topological polar surface area (TPSA) is 53.2 Å². The molecule has 0 unspecified atom stereocenters. The minimum Gasteiger partial charge on any atom is -0.331 e. The minimum absolute atomic E-state index is 0.0782. The van der Waals surface area contributed by atoms with E-state index < -0.39 is 0 Å². The van der Waals surface area contributed by atoms with Crippen molar-refractivity contribution in [1.82, 2.24) is 10.9 Å². The van der Waals surface area contributed by atoms with Crippen molar-refractivity contribution < 1.29 is 4.79 Å². The predicted octanol–water partition coefficient (Wildman–Crippen LogP) is 2.44. The average Bonchev–Trinajstić information content (AvgIpc) is 3.08. The summed E-state index contributed by atoms with van der Waals surface area (Å²) in [5.41, 5.74) is 6.43. The van der Waals surface area contributed by atoms with Crippen LogP contribution in [-0.4, -0.2) is 11.0 Å². The van der Waals surface area contributed by atoms with E-state index in [1.165, 1.54) is 19.3 Å². The summed E-state index contributed by atoms with van der Waals surface area (Å²) in [4.78, 5) is 12.1. The molecule has 2 bridgehead atoms. The fourth-order valence-electron chi connectivity index (χ4n) is 3.46. The lowest BCUT2D eigenvalue weighted by atomic mass is 9.88. The Morgan fingerprint density at radius 3 is 2.55 bits per heavy atom. The summed E-state index contributed by atoms with van der Waals surface area (Å²) < 4.78 is 0. The van der Waals surface area contributed by atoms with Crippen LogP contribution in [0.15, 0.2) is 30.3 Å². The lowest BCUT2D eigenvalue weighted by Gasteiger charge is -2.21. The van der Waals surface area contributed by atoms with Crippen molar-refractivity contribution in [2.24, 2.45) is 17.8 Å². The van der Waals surface area contributed by atoms with Gasteiger partial charge in [-0.15, -0.1) is 0 Å². The van der Waals surface area contributed by atoms with E-state index in [0.717, 1.165) is 18.0 Å². The third kappa shape index (κ3) is 2.93. The van der Waals surface area contributed by atoms with E-state index in [-0.39, 0.29) is 11.8 Å². The summed E-state index contributed by atoms with van der Waals surface area (Å²) in [5.74, 6) is 1.60. The van der Waals surface area contributed by atoms with E-state index >= 15 is 0 Å². The summed E-state index contributed by atoms with van der Waals surface area (Å²) in [6, 6.07) is 9.65. The Bertz CT molecular complexity index is 505. The van der Waals surface area contributed by atoms with Crippen LogP contribution in [0.1, 0.15) is 25.7 Å². The molecule has 0 spiro atoms. The van der Waals surface area contributed by atoms with Crippen LogP contribution in [0.3, 0.4) is 0 Å². The number of fused-ring (bicyclic) bond motifs is 2. The SMILES string of the molecule is O=C(NNC(=S)Nc1ccccc1)[C@H]1C[C@@H]2CC[C@H]1C2. The number of benzene rings is 1. The standard InChI is InChI=1S/C15H19N3OS/c19-14(13-9-10-6-7-11(13)8-10)17-18-15(20)16-12-4-2-1-3-5-12/h1-5,10-11,13H,6-9H2,(H,17,19)(H2,16,18,20)/t10-,11+,13+/m1/s1. The lowest BCUT2D eigenvalue weighted by Crippen LogP contribution is -2.47. The molecule has 2 saturated carbocycles. The van der Waals surface area contributed by atoms with Gasteiger partial charge in [0, 0.05) is 11.6 Å². The van der Waals surface area contributed by atoms with Gasteiger partial charge in [-0.2, -0.15) is 0 Å². The van der Waals surface area contributed by atoms with Crippen molar-refractivity contribution in [3.63, 3.8) is 0 Å². The predicted molar refractivity (Wildman–Crippen MR) is 82.9 cm³/mol. The molecular weight excluding hydrogens is 270 g/mol. The van der Waals surface area contributed by atoms with Gasteiger partial charge in [-0.3, -0.25) is 15.6 Å². The zero-order valence-corrected chi connectivity index (χ0v) is 12.1. The number of para-hydroxylation sites is 1. The maximum Gasteiger partial charge on any atom is 0.241 e. The highest BCUT2D eigenvalue weighted by Gasteiger charge is 2.43. The fraction of sp³-hybridized carbons (Fsp3) is 0.467. The number of carbonyl (C=O) groups is 1. The molecule has 2 aliphatic rings. The Morgan fingerprint density at radius 1 is 1.10 bits per heavy atom. The van der Waals surface area contributed by atoms with Crippen LogP contribution >= 0.6 is 12.2 Å². The van der Waals surface area contributed by atoms with Gasteiger partial charge in [-0.1, -0.05) is 24.6 Å². The van der Waals surface area contributed by atoms with Gasteiger partial charge >= 0.3 is 0 Å². The smallest absolute Gasteiger partial charge is 0.241 e. The molecule has 1 amide bonds. The Morgan fingerprint density at radius 2 is 1.90 bits per heavy atom. The van der Waals surface area contributed by atoms with Gasteiger partial charge < -0.3 is 5.32 Å². The third-order valence-corrected chi connectivity index (χ3v) is 4.61. The van der Waals surface area contributed by atoms with E-state index in [0.29, 0.717) is 11.0 Å². The molecule has 20 heavy (non-hydrogen) atoms. The highest BCUT2D eigenvalue weighted by atomic mass is 32.1. The van der Waals surface area contributed by atoms with Gasteiger partial charge in [0.2, 0.25) is 5.91 Å². The molecule has 0 heterocycles. The van der Waals surface area contributed by atoms with E-state index in [1.807, 2.05) is 30.3 Å². The third-order valence-electron chi connectivity index (χ3n) is 4.41. The molecule has 0 aliphatic heterocycles. The number of hydrazine groups is 1. The number of rotatable bonds is 2. The number of thiocarbonyl (C=S) groups is 1. The van der Waals surface area contributed by atoms with Crippen molar-refractivity contribution >= 4 is 28.9 Å². The first kappa shape index (κ1) is 13.4. The van der Waals surface area contributed by atoms with Crippen LogP contribution < -0.4 is 16.2 Å². The molecule has 1 aromatic rings. The maximum atomic E-state index is 12.1. The first-order chi connectivity index (χ1) is 9.72. The minimum atomic E-state index is 0.0782. The van der Waals surface area contributed by atoms with Crippen molar-refractivity contribution in [2.75, 3.05) is 5.32 Å². The van der Waals surface area contributed by atoms with Gasteiger partial charge in [0.25, 0.3) is 0 Å². The normalized spacial score (nSPS) is 27.1. The molecular formula is C15H19N3OS. The van der Waals surface area contributed by atoms with E-state index in [2.05, 4.69) is 16.2 Å². The second kappa shape index (κ2) is 5.79. The van der Waals surface area contributed by atoms with E-state index in [9.17, 15) is 4.79 Å². The maximum absolute atomic E-state index is 12.1. The lowest BCUT2D eigenvalue weighted by molar-refractivity contribution is -0.127. The molecule has 2 fully saturated rings. The average molecular weight is 289 g/mol. The molecule has 1 aromatic carbocycles. The van der Waals surface area contributed by atoms with Gasteiger partial charge in [0.1, 0.15) is 0 Å². The van der Waals surface area contributed by atoms with Gasteiger partial charge in [0.15, 0.2) is 5.11 Å². The van der Waals surface area contributed by atoms with E-state index in [1.54, 1.807) is 0 Å². The molecule has 3 atom stereocenters. The Kier molecular flexibility index (Phi) is 3.87. The summed E-state index contributed by atoms with van der Waals surface area (Å²) in [6.07, 6.45) is 4.77. The number of amides is 1. The van der Waals surface area contributed by atoms with Crippen LogP contribution in [0.2, 0.25) is 0 Å². The zero-order valence-electron chi connectivity index (χ0n) is 11.3. The summed E-state index contributed by atoms with van der Waals surface area (Å²) >= 11 is 5.16. The molecule has 0 radical (unpaired) electrons. The van der Waals surface area contributed by atoms with Crippen LogP contribution in [0.4, 0.5) is 5.69 Å². The highest BCUT2D eigenvalue weighted by Crippen LogP contribution is 2.48. The van der Waals surface area contributed by atoms with E-state index in [4.69, 9.17) is 12.2 Å². The molecule has 3 N–H and O–H groups in total. The summed E-state index contributed by atoms with van der Waals surface area (Å²) in [5, 5.41) is 3.44. The van der Waals surface area contributed by atoms with Gasteiger partial charge in [-0.05, 0) is 55.4 Å². The highest BCUT2D eigenvalue weighted by molar-refractivity contribution is 7.80. The van der Waals surface area contributed by atoms with Crippen molar-refractivity contribution in [3.05, 3.63) is 30.3 Å². The molecule has 2 aliphatic carbocycles. The van der Waals surface area contributed by atoms with Gasteiger partial charge in [-0.25, -0.2) is 0 Å². The first-order valence-corrected chi connectivity index (χ1v) is 7.55. The van der Waals surface area contributed by atoms with Crippen LogP contribution in [0.25, 0.3) is 0 Å². The monoisotopic (exact) mass is 289 g/mol. The van der Waals surface area contributed by atoms with Crippen molar-refractivity contribution in [1.29, 1.82) is 0 Å². The Labute approximate surface area is 124 Å². The fourth-order valence-corrected chi connectivity index (χ4v) is 3.63. The van der Waals surface area contributed by atoms with Gasteiger partial charge in [0.05, 0.1) is 0 Å². The Balaban J connectivity index is 1.45. The molecule has 0 aromatic heterocycles. The Hall–Kier alpha value is -1.62. The molecule has 106 valence electrons. The molecule has 5 heteroatoms. The second-order valence-corrected chi connectivity index (χ2v) is 6.12. The number of hydrogen-bond acceptors (Lipinski definition) is 2. The first-order valence-electron chi connectivity index (χ1n) is 7.14. The molecule has 3 rings (SSSR count). The van der Waals surface area contributed by atoms with Crippen LogP contribution in [0, 0.1) is 17.8 Å². The summed E-state index contributed by atoms with van der Waals surface area (Å²) in [6.45, 7) is 0.